The van der Waals surface area contributed by atoms with Crippen LogP contribution >= 0.6 is 0 Å². The van der Waals surface area contributed by atoms with Crippen molar-refractivity contribution in [2.45, 2.75) is 6.10 Å². The number of para-hydroxylation sites is 1. The maximum atomic E-state index is 5.81. The van der Waals surface area contributed by atoms with Crippen molar-refractivity contribution in [1.82, 2.24) is 10.5 Å². The lowest BCUT2D eigenvalue weighted by Gasteiger charge is -2.09. The molecule has 0 aliphatic carbocycles. The van der Waals surface area contributed by atoms with E-state index in [2.05, 4.69) is 10.5 Å². The molecule has 0 saturated carbocycles. The first kappa shape index (κ1) is 16.4. The Morgan fingerprint density at radius 3 is 2.54 bits per heavy atom. The predicted octanol–water partition coefficient (Wildman–Crippen LogP) is 5.12. The van der Waals surface area contributed by atoms with Gasteiger partial charge in [0.1, 0.15) is 23.1 Å². The van der Waals surface area contributed by atoms with Gasteiger partial charge in [-0.2, -0.15) is 0 Å². The van der Waals surface area contributed by atoms with Gasteiger partial charge in [-0.1, -0.05) is 30.3 Å². The highest BCUT2D eigenvalue weighted by Gasteiger charge is 2.20. The van der Waals surface area contributed by atoms with Crippen molar-refractivity contribution in [3.05, 3.63) is 96.7 Å². The maximum absolute atomic E-state index is 5.81. The predicted molar refractivity (Wildman–Crippen MR) is 103 cm³/mol. The number of hydrogen-bond donors (Lipinski definition) is 1. The number of pyridine rings is 1. The van der Waals surface area contributed by atoms with Crippen molar-refractivity contribution >= 4 is 11.1 Å². The number of ether oxygens (including phenoxy) is 2. The summed E-state index contributed by atoms with van der Waals surface area (Å²) in [6, 6.07) is 21.0. The van der Waals surface area contributed by atoms with Crippen LogP contribution in [-0.4, -0.2) is 4.98 Å². The molecule has 0 fully saturated rings. The lowest BCUT2D eigenvalue weighted by Crippen LogP contribution is -2.12. The van der Waals surface area contributed by atoms with Crippen molar-refractivity contribution in [1.29, 1.82) is 0 Å². The number of hydrogen-bond acceptors (Lipinski definition) is 6. The van der Waals surface area contributed by atoms with Crippen molar-refractivity contribution in [2.24, 2.45) is 0 Å². The molecule has 0 radical (unpaired) electrons. The first-order valence-electron chi connectivity index (χ1n) is 8.81. The Balaban J connectivity index is 1.27. The van der Waals surface area contributed by atoms with E-state index in [-0.39, 0.29) is 6.10 Å². The minimum Gasteiger partial charge on any atom is -0.463 e. The minimum atomic E-state index is -0.263. The summed E-state index contributed by atoms with van der Waals surface area (Å²) in [4.78, 5) is 9.88. The Morgan fingerprint density at radius 2 is 1.68 bits per heavy atom. The summed E-state index contributed by atoms with van der Waals surface area (Å²) in [7, 11) is 0. The second-order valence-corrected chi connectivity index (χ2v) is 6.23. The molecule has 0 amide bonds. The first-order valence-corrected chi connectivity index (χ1v) is 8.81. The average Bonchev–Trinajstić information content (AvgIpc) is 3.39. The Hall–Kier alpha value is -3.77. The van der Waals surface area contributed by atoms with Gasteiger partial charge in [0.05, 0.1) is 12.5 Å². The van der Waals surface area contributed by atoms with E-state index in [0.717, 1.165) is 22.6 Å². The zero-order valence-electron chi connectivity index (χ0n) is 14.7. The van der Waals surface area contributed by atoms with Gasteiger partial charge < -0.3 is 13.9 Å². The maximum Gasteiger partial charge on any atom is 0.216 e. The molecule has 0 saturated heterocycles. The molecule has 6 heteroatoms. The van der Waals surface area contributed by atoms with Crippen molar-refractivity contribution in [3.63, 3.8) is 0 Å². The Morgan fingerprint density at radius 1 is 0.857 bits per heavy atom. The van der Waals surface area contributed by atoms with Gasteiger partial charge in [0.2, 0.25) is 5.88 Å². The highest BCUT2D eigenvalue weighted by molar-refractivity contribution is 5.73. The molecule has 0 unspecified atom stereocenters. The van der Waals surface area contributed by atoms with E-state index in [1.807, 2.05) is 60.7 Å². The van der Waals surface area contributed by atoms with Gasteiger partial charge in [-0.25, -0.2) is 10.5 Å². The van der Waals surface area contributed by atoms with Gasteiger partial charge in [-0.15, -0.1) is 0 Å². The van der Waals surface area contributed by atoms with Gasteiger partial charge in [0.25, 0.3) is 0 Å². The minimum absolute atomic E-state index is 0.263. The molecule has 5 rings (SSSR count). The number of aromatic nitrogens is 1. The smallest absolute Gasteiger partial charge is 0.216 e. The molecule has 1 N–H and O–H groups in total. The molecule has 0 bridgehead atoms. The summed E-state index contributed by atoms with van der Waals surface area (Å²) in [5.74, 6) is 2.63. The third kappa shape index (κ3) is 3.41. The largest absolute Gasteiger partial charge is 0.463 e. The monoisotopic (exact) mass is 372 g/mol. The number of furan rings is 1. The lowest BCUT2D eigenvalue weighted by atomic mass is 10.1. The zero-order chi connectivity index (χ0) is 18.8. The third-order valence-corrected chi connectivity index (χ3v) is 4.28. The topological polar surface area (TPSA) is 65.8 Å². The zero-order valence-corrected chi connectivity index (χ0v) is 14.7. The van der Waals surface area contributed by atoms with E-state index >= 15 is 0 Å². The van der Waals surface area contributed by atoms with E-state index in [1.165, 1.54) is 0 Å². The van der Waals surface area contributed by atoms with Crippen LogP contribution < -0.4 is 15.0 Å². The van der Waals surface area contributed by atoms with Crippen molar-refractivity contribution in [2.75, 3.05) is 0 Å². The average molecular weight is 372 g/mol. The van der Waals surface area contributed by atoms with Crippen molar-refractivity contribution in [3.8, 4) is 17.2 Å². The number of nitrogens with one attached hydrogen (secondary N) is 1. The Labute approximate surface area is 160 Å². The lowest BCUT2D eigenvalue weighted by molar-refractivity contribution is 0.0273. The van der Waals surface area contributed by atoms with Gasteiger partial charge in [0.15, 0.2) is 11.3 Å². The van der Waals surface area contributed by atoms with Crippen LogP contribution in [-0.2, 0) is 4.84 Å². The van der Waals surface area contributed by atoms with Crippen LogP contribution in [0.3, 0.4) is 0 Å². The van der Waals surface area contributed by atoms with E-state index in [1.54, 1.807) is 24.6 Å². The molecule has 2 aromatic carbocycles. The molecule has 6 nitrogen and oxygen atoms in total. The Bertz CT molecular complexity index is 1120. The molecule has 3 heterocycles. The molecule has 1 aliphatic rings. The van der Waals surface area contributed by atoms with E-state index in [4.69, 9.17) is 18.7 Å². The molecular weight excluding hydrogens is 356 g/mol. The fourth-order valence-corrected chi connectivity index (χ4v) is 2.91. The van der Waals surface area contributed by atoms with E-state index in [9.17, 15) is 0 Å². The number of fused-ring (bicyclic) bond motifs is 1. The van der Waals surface area contributed by atoms with Crippen LogP contribution in [0.2, 0.25) is 0 Å². The summed E-state index contributed by atoms with van der Waals surface area (Å²) in [5, 5.41) is 0. The summed E-state index contributed by atoms with van der Waals surface area (Å²) >= 11 is 0. The first-order chi connectivity index (χ1) is 13.8. The van der Waals surface area contributed by atoms with Crippen LogP contribution in [0, 0.1) is 0 Å². The van der Waals surface area contributed by atoms with Crippen LogP contribution in [0.1, 0.15) is 11.7 Å². The molecule has 138 valence electrons. The normalized spacial score (nSPS) is 15.9. The number of nitrogens with zero attached hydrogens (tertiary/aromatic N) is 1. The molecule has 1 atom stereocenters. The Kier molecular flexibility index (Phi) is 4.16. The van der Waals surface area contributed by atoms with Crippen molar-refractivity contribution < 1.29 is 18.7 Å². The molecule has 4 aromatic rings. The van der Waals surface area contributed by atoms with Crippen LogP contribution in [0.15, 0.2) is 95.6 Å². The summed E-state index contributed by atoms with van der Waals surface area (Å²) < 4.78 is 16.9. The number of hydroxylamine groups is 1. The van der Waals surface area contributed by atoms with Gasteiger partial charge >= 0.3 is 0 Å². The van der Waals surface area contributed by atoms with Gasteiger partial charge in [-0.05, 0) is 29.8 Å². The quantitative estimate of drug-likeness (QED) is 0.525. The summed E-state index contributed by atoms with van der Waals surface area (Å²) in [6.07, 6.45) is 4.84. The second-order valence-electron chi connectivity index (χ2n) is 6.23. The second kappa shape index (κ2) is 7.09. The molecular formula is C22H16N2O4. The third-order valence-electron chi connectivity index (χ3n) is 4.28. The summed E-state index contributed by atoms with van der Waals surface area (Å²) in [5.41, 5.74) is 5.23. The number of benzene rings is 2. The fraction of sp³-hybridized carbons (Fsp3) is 0.0455. The number of rotatable bonds is 5. The van der Waals surface area contributed by atoms with E-state index in [0.29, 0.717) is 17.2 Å². The highest BCUT2D eigenvalue weighted by Crippen LogP contribution is 2.29. The van der Waals surface area contributed by atoms with Gasteiger partial charge in [0, 0.05) is 18.2 Å². The van der Waals surface area contributed by atoms with Crippen LogP contribution in [0.4, 0.5) is 0 Å². The molecule has 0 spiro atoms. The molecule has 28 heavy (non-hydrogen) atoms. The summed E-state index contributed by atoms with van der Waals surface area (Å²) in [6.45, 7) is 0. The van der Waals surface area contributed by atoms with Crippen LogP contribution in [0.5, 0.6) is 17.2 Å². The molecule has 2 aromatic heterocycles. The van der Waals surface area contributed by atoms with Crippen LogP contribution in [0.25, 0.3) is 11.1 Å². The standard InChI is InChI=1S/C22H16N2O4/c1-2-4-16(5-3-1)26-17-8-6-15(7-9-17)20-13-22(24-28-20)27-18-12-21-19(23-14-18)10-11-25-21/h1-14,20,24H/t20-/m1/s1. The molecule has 1 aliphatic heterocycles. The SMILES string of the molecule is C1=C(Oc2cnc3ccoc3c2)NO[C@H]1c1ccc(Oc2ccccc2)cc1. The fourth-order valence-electron chi connectivity index (χ4n) is 2.91. The van der Waals surface area contributed by atoms with Gasteiger partial charge in [-0.3, -0.25) is 4.84 Å². The van der Waals surface area contributed by atoms with E-state index < -0.39 is 0 Å². The highest BCUT2D eigenvalue weighted by atomic mass is 16.7.